The number of hydrogen-bond donors (Lipinski definition) is 0. The van der Waals surface area contributed by atoms with Crippen LogP contribution >= 0.6 is 15.9 Å². The van der Waals surface area contributed by atoms with Gasteiger partial charge < -0.3 is 9.47 Å². The fraction of sp³-hybridized carbons (Fsp3) is 0.800. The summed E-state index contributed by atoms with van der Waals surface area (Å²) in [4.78, 5) is 21.9. The molecule has 0 spiro atoms. The summed E-state index contributed by atoms with van der Waals surface area (Å²) in [6.07, 6.45) is -0.360. The van der Waals surface area contributed by atoms with Crippen molar-refractivity contribution >= 4 is 27.9 Å². The van der Waals surface area contributed by atoms with Crippen molar-refractivity contribution in [1.29, 1.82) is 0 Å². The smallest absolute Gasteiger partial charge is 0.320 e. The molecule has 0 N–H and O–H groups in total. The molecule has 0 aromatic heterocycles. The molecule has 0 saturated carbocycles. The first-order valence-electron chi connectivity index (χ1n) is 4.87. The van der Waals surface area contributed by atoms with Gasteiger partial charge in [-0.2, -0.15) is 0 Å². The van der Waals surface area contributed by atoms with E-state index in [4.69, 9.17) is 9.47 Å². The summed E-state index contributed by atoms with van der Waals surface area (Å²) in [5.74, 6) is -0.849. The summed E-state index contributed by atoms with van der Waals surface area (Å²) >= 11 is 3.09. The summed E-state index contributed by atoms with van der Waals surface area (Å²) in [7, 11) is 0. The molecular formula is C10H17BrO4. The molecule has 0 fully saturated rings. The number of rotatable bonds is 5. The van der Waals surface area contributed by atoms with E-state index < -0.39 is 16.8 Å². The molecule has 0 aromatic rings. The standard InChI is InChI=1S/C10H17BrO4/c1-6(2)14-9(12)5-8(11)10(13)15-7(3)4/h6-8H,5H2,1-4H3. The molecule has 0 rings (SSSR count). The third-order valence-corrected chi connectivity index (χ3v) is 2.02. The van der Waals surface area contributed by atoms with Gasteiger partial charge in [0.15, 0.2) is 0 Å². The average Bonchev–Trinajstić information content (AvgIpc) is 2.00. The Kier molecular flexibility index (Phi) is 6.56. The molecule has 1 atom stereocenters. The first kappa shape index (κ1) is 14.4. The van der Waals surface area contributed by atoms with E-state index in [0.29, 0.717) is 0 Å². The van der Waals surface area contributed by atoms with Crippen LogP contribution < -0.4 is 0 Å². The molecule has 1 unspecified atom stereocenters. The predicted molar refractivity (Wildman–Crippen MR) is 59.8 cm³/mol. The highest BCUT2D eigenvalue weighted by atomic mass is 79.9. The topological polar surface area (TPSA) is 52.6 Å². The molecule has 0 aliphatic rings. The fourth-order valence-corrected chi connectivity index (χ4v) is 1.22. The van der Waals surface area contributed by atoms with Crippen LogP contribution in [0.15, 0.2) is 0 Å². The molecule has 0 aliphatic heterocycles. The lowest BCUT2D eigenvalue weighted by Crippen LogP contribution is -2.25. The van der Waals surface area contributed by atoms with Crippen LogP contribution in [0.3, 0.4) is 0 Å². The zero-order chi connectivity index (χ0) is 12.0. The summed E-state index contributed by atoms with van der Waals surface area (Å²) < 4.78 is 9.82. The van der Waals surface area contributed by atoms with E-state index in [9.17, 15) is 9.59 Å². The van der Waals surface area contributed by atoms with E-state index in [2.05, 4.69) is 15.9 Å². The number of carbonyl (C=O) groups excluding carboxylic acids is 2. The minimum absolute atomic E-state index is 0.0102. The van der Waals surface area contributed by atoms with Crippen LogP contribution in [0.25, 0.3) is 0 Å². The summed E-state index contributed by atoms with van der Waals surface area (Å²) in [6.45, 7) is 7.02. The monoisotopic (exact) mass is 280 g/mol. The van der Waals surface area contributed by atoms with Crippen molar-refractivity contribution in [2.24, 2.45) is 0 Å². The normalized spacial score (nSPS) is 12.7. The largest absolute Gasteiger partial charge is 0.463 e. The van der Waals surface area contributed by atoms with Crippen molar-refractivity contribution in [2.75, 3.05) is 0 Å². The second-order valence-corrected chi connectivity index (χ2v) is 4.80. The summed E-state index contributed by atoms with van der Waals surface area (Å²) in [6, 6.07) is 0. The molecule has 0 radical (unpaired) electrons. The van der Waals surface area contributed by atoms with Crippen molar-refractivity contribution in [3.8, 4) is 0 Å². The van der Waals surface area contributed by atoms with Crippen LogP contribution in [-0.2, 0) is 19.1 Å². The average molecular weight is 281 g/mol. The Labute approximate surface area is 98.4 Å². The fourth-order valence-electron chi connectivity index (χ4n) is 0.847. The SMILES string of the molecule is CC(C)OC(=O)CC(Br)C(=O)OC(C)C. The highest BCUT2D eigenvalue weighted by Crippen LogP contribution is 2.10. The summed E-state index contributed by atoms with van der Waals surface area (Å²) in [5.41, 5.74) is 0. The van der Waals surface area contributed by atoms with Gasteiger partial charge in [-0.15, -0.1) is 0 Å². The Morgan fingerprint density at radius 2 is 1.53 bits per heavy atom. The Morgan fingerprint density at radius 1 is 1.07 bits per heavy atom. The van der Waals surface area contributed by atoms with Crippen molar-refractivity contribution in [2.45, 2.75) is 51.2 Å². The molecule has 0 aromatic carbocycles. The van der Waals surface area contributed by atoms with Gasteiger partial charge in [0, 0.05) is 0 Å². The Morgan fingerprint density at radius 3 is 1.93 bits per heavy atom. The van der Waals surface area contributed by atoms with Gasteiger partial charge in [0.2, 0.25) is 0 Å². The van der Waals surface area contributed by atoms with Crippen LogP contribution in [-0.4, -0.2) is 29.0 Å². The van der Waals surface area contributed by atoms with Gasteiger partial charge in [-0.25, -0.2) is 0 Å². The van der Waals surface area contributed by atoms with Crippen molar-refractivity contribution in [1.82, 2.24) is 0 Å². The molecule has 0 aliphatic carbocycles. The second-order valence-electron chi connectivity index (χ2n) is 3.70. The minimum atomic E-state index is -0.633. The second kappa shape index (κ2) is 6.82. The Hall–Kier alpha value is -0.580. The van der Waals surface area contributed by atoms with E-state index in [1.165, 1.54) is 0 Å². The quantitative estimate of drug-likeness (QED) is 0.571. The predicted octanol–water partition coefficient (Wildman–Crippen LogP) is 2.04. The highest BCUT2D eigenvalue weighted by Gasteiger charge is 2.22. The highest BCUT2D eigenvalue weighted by molar-refractivity contribution is 9.10. The maximum atomic E-state index is 11.3. The van der Waals surface area contributed by atoms with Crippen LogP contribution in [0.5, 0.6) is 0 Å². The van der Waals surface area contributed by atoms with Gasteiger partial charge in [-0.1, -0.05) is 15.9 Å². The number of hydrogen-bond acceptors (Lipinski definition) is 4. The molecule has 88 valence electrons. The Balaban J connectivity index is 3.96. The van der Waals surface area contributed by atoms with Gasteiger partial charge in [-0.05, 0) is 27.7 Å². The maximum absolute atomic E-state index is 11.3. The van der Waals surface area contributed by atoms with E-state index >= 15 is 0 Å². The maximum Gasteiger partial charge on any atom is 0.320 e. The van der Waals surface area contributed by atoms with Crippen molar-refractivity contribution < 1.29 is 19.1 Å². The molecule has 15 heavy (non-hydrogen) atoms. The number of alkyl halides is 1. The van der Waals surface area contributed by atoms with Crippen LogP contribution in [0.1, 0.15) is 34.1 Å². The van der Waals surface area contributed by atoms with Gasteiger partial charge >= 0.3 is 11.9 Å². The van der Waals surface area contributed by atoms with Crippen LogP contribution in [0.2, 0.25) is 0 Å². The van der Waals surface area contributed by atoms with Crippen LogP contribution in [0, 0.1) is 0 Å². The lowest BCUT2D eigenvalue weighted by molar-refractivity contribution is -0.153. The van der Waals surface area contributed by atoms with E-state index in [0.717, 1.165) is 0 Å². The number of carbonyl (C=O) groups is 2. The van der Waals surface area contributed by atoms with E-state index in [1.807, 2.05) is 0 Å². The molecular weight excluding hydrogens is 264 g/mol. The van der Waals surface area contributed by atoms with Gasteiger partial charge in [0.05, 0.1) is 18.6 Å². The lowest BCUT2D eigenvalue weighted by Gasteiger charge is -2.13. The van der Waals surface area contributed by atoms with Crippen LogP contribution in [0.4, 0.5) is 0 Å². The molecule has 4 nitrogen and oxygen atoms in total. The summed E-state index contributed by atoms with van der Waals surface area (Å²) in [5, 5.41) is 0. The van der Waals surface area contributed by atoms with Gasteiger partial charge in [0.25, 0.3) is 0 Å². The van der Waals surface area contributed by atoms with E-state index in [1.54, 1.807) is 27.7 Å². The molecule has 0 bridgehead atoms. The van der Waals surface area contributed by atoms with Gasteiger partial charge in [-0.3, -0.25) is 9.59 Å². The number of halogens is 1. The van der Waals surface area contributed by atoms with E-state index in [-0.39, 0.29) is 18.6 Å². The van der Waals surface area contributed by atoms with Crippen molar-refractivity contribution in [3.63, 3.8) is 0 Å². The first-order chi connectivity index (χ1) is 6.82. The minimum Gasteiger partial charge on any atom is -0.463 e. The lowest BCUT2D eigenvalue weighted by atomic mass is 10.3. The first-order valence-corrected chi connectivity index (χ1v) is 5.78. The van der Waals surface area contributed by atoms with Crippen molar-refractivity contribution in [3.05, 3.63) is 0 Å². The Bertz CT molecular complexity index is 225. The number of ether oxygens (including phenoxy) is 2. The molecule has 0 heterocycles. The molecule has 5 heteroatoms. The zero-order valence-corrected chi connectivity index (χ0v) is 11.0. The molecule has 0 saturated heterocycles. The third-order valence-electron chi connectivity index (χ3n) is 1.32. The van der Waals surface area contributed by atoms with Gasteiger partial charge in [0.1, 0.15) is 4.83 Å². The third kappa shape index (κ3) is 7.36. The number of esters is 2. The molecule has 0 amide bonds. The zero-order valence-electron chi connectivity index (χ0n) is 9.45.